The Morgan fingerprint density at radius 2 is 1.94 bits per heavy atom. The lowest BCUT2D eigenvalue weighted by molar-refractivity contribution is -0.139. The number of nitrogens with one attached hydrogen (secondary N) is 1. The molecule has 2 N–H and O–H groups in total. The molecule has 1 unspecified atom stereocenters. The van der Waals surface area contributed by atoms with Crippen LogP contribution in [0.4, 0.5) is 5.69 Å². The molecule has 18 heavy (non-hydrogen) atoms. The van der Waals surface area contributed by atoms with Gasteiger partial charge in [0.05, 0.1) is 13.1 Å². The van der Waals surface area contributed by atoms with Gasteiger partial charge in [-0.15, -0.1) is 0 Å². The fourth-order valence-corrected chi connectivity index (χ4v) is 2.18. The Bertz CT molecular complexity index is 479. The van der Waals surface area contributed by atoms with E-state index in [4.69, 9.17) is 5.11 Å². The van der Waals surface area contributed by atoms with Crippen molar-refractivity contribution in [3.8, 4) is 0 Å². The fourth-order valence-electron chi connectivity index (χ4n) is 2.18. The molecule has 0 spiro atoms. The third-order valence-corrected chi connectivity index (χ3v) is 2.98. The molecule has 5 heteroatoms. The summed E-state index contributed by atoms with van der Waals surface area (Å²) in [5.74, 6) is -1.03. The lowest BCUT2D eigenvalue weighted by Crippen LogP contribution is -2.57. The Morgan fingerprint density at radius 1 is 1.33 bits per heavy atom. The second-order valence-corrected chi connectivity index (χ2v) is 4.62. The molecule has 1 aromatic rings. The van der Waals surface area contributed by atoms with Gasteiger partial charge in [0.25, 0.3) is 0 Å². The SMILES string of the molecule is Cc1cc(C)cc(N2CC(C(=O)O)NCC2=O)c1. The van der Waals surface area contributed by atoms with Crippen molar-refractivity contribution < 1.29 is 14.7 Å². The van der Waals surface area contributed by atoms with Crippen LogP contribution in [0.15, 0.2) is 18.2 Å². The summed E-state index contributed by atoms with van der Waals surface area (Å²) in [4.78, 5) is 24.4. The molecule has 0 saturated carbocycles. The summed E-state index contributed by atoms with van der Waals surface area (Å²) >= 11 is 0. The van der Waals surface area contributed by atoms with Crippen LogP contribution < -0.4 is 10.2 Å². The van der Waals surface area contributed by atoms with Gasteiger partial charge in [-0.25, -0.2) is 0 Å². The molecule has 1 aliphatic heterocycles. The van der Waals surface area contributed by atoms with Crippen LogP contribution in [0.1, 0.15) is 11.1 Å². The van der Waals surface area contributed by atoms with Gasteiger partial charge < -0.3 is 10.0 Å². The van der Waals surface area contributed by atoms with Gasteiger partial charge in [-0.3, -0.25) is 14.9 Å². The molecule has 0 aliphatic carbocycles. The van der Waals surface area contributed by atoms with Gasteiger partial charge in [-0.1, -0.05) is 6.07 Å². The monoisotopic (exact) mass is 248 g/mol. The topological polar surface area (TPSA) is 69.6 Å². The molecule has 1 atom stereocenters. The minimum atomic E-state index is -0.933. The van der Waals surface area contributed by atoms with Crippen LogP contribution in [0.25, 0.3) is 0 Å². The number of carbonyl (C=O) groups excluding carboxylic acids is 1. The summed E-state index contributed by atoms with van der Waals surface area (Å²) in [6.07, 6.45) is 0. The smallest absolute Gasteiger partial charge is 0.322 e. The molecule has 1 fully saturated rings. The van der Waals surface area contributed by atoms with E-state index in [1.807, 2.05) is 32.0 Å². The van der Waals surface area contributed by atoms with Crippen LogP contribution in [0.3, 0.4) is 0 Å². The first-order valence-corrected chi connectivity index (χ1v) is 5.82. The van der Waals surface area contributed by atoms with E-state index in [0.29, 0.717) is 0 Å². The molecule has 1 amide bonds. The quantitative estimate of drug-likeness (QED) is 0.808. The third kappa shape index (κ3) is 2.51. The third-order valence-electron chi connectivity index (χ3n) is 2.98. The summed E-state index contributed by atoms with van der Waals surface area (Å²) in [5, 5.41) is 11.7. The summed E-state index contributed by atoms with van der Waals surface area (Å²) in [6, 6.07) is 5.11. The number of hydrogen-bond acceptors (Lipinski definition) is 3. The summed E-state index contributed by atoms with van der Waals surface area (Å²) in [6.45, 7) is 4.14. The zero-order valence-corrected chi connectivity index (χ0v) is 10.4. The minimum Gasteiger partial charge on any atom is -0.480 e. The van der Waals surface area contributed by atoms with Gasteiger partial charge in [0.15, 0.2) is 0 Å². The van der Waals surface area contributed by atoms with Crippen molar-refractivity contribution >= 4 is 17.6 Å². The Labute approximate surface area is 105 Å². The van der Waals surface area contributed by atoms with Crippen molar-refractivity contribution in [1.82, 2.24) is 5.32 Å². The molecule has 5 nitrogen and oxygen atoms in total. The molecule has 0 radical (unpaired) electrons. The number of benzene rings is 1. The Kier molecular flexibility index (Phi) is 3.34. The van der Waals surface area contributed by atoms with E-state index in [-0.39, 0.29) is 19.0 Å². The summed E-state index contributed by atoms with van der Waals surface area (Å²) in [5.41, 5.74) is 2.89. The van der Waals surface area contributed by atoms with Crippen molar-refractivity contribution in [3.05, 3.63) is 29.3 Å². The predicted molar refractivity (Wildman–Crippen MR) is 67.7 cm³/mol. The summed E-state index contributed by atoms with van der Waals surface area (Å²) < 4.78 is 0. The second kappa shape index (κ2) is 4.78. The highest BCUT2D eigenvalue weighted by Crippen LogP contribution is 2.20. The van der Waals surface area contributed by atoms with Crippen LogP contribution in [-0.2, 0) is 9.59 Å². The van der Waals surface area contributed by atoms with Gasteiger partial charge in [-0.05, 0) is 37.1 Å². The minimum absolute atomic E-state index is 0.0595. The summed E-state index contributed by atoms with van der Waals surface area (Å²) in [7, 11) is 0. The lowest BCUT2D eigenvalue weighted by atomic mass is 10.1. The number of carboxylic acids is 1. The fraction of sp³-hybridized carbons (Fsp3) is 0.385. The number of nitrogens with zero attached hydrogens (tertiary/aromatic N) is 1. The van der Waals surface area contributed by atoms with Crippen LogP contribution in [0, 0.1) is 13.8 Å². The van der Waals surface area contributed by atoms with Crippen molar-refractivity contribution in [3.63, 3.8) is 0 Å². The van der Waals surface area contributed by atoms with E-state index in [9.17, 15) is 9.59 Å². The molecule has 1 heterocycles. The maximum atomic E-state index is 11.9. The van der Waals surface area contributed by atoms with Crippen LogP contribution in [0.2, 0.25) is 0 Å². The van der Waals surface area contributed by atoms with E-state index in [0.717, 1.165) is 16.8 Å². The largest absolute Gasteiger partial charge is 0.480 e. The van der Waals surface area contributed by atoms with Gasteiger partial charge in [0.1, 0.15) is 6.04 Å². The molecule has 0 aromatic heterocycles. The van der Waals surface area contributed by atoms with Crippen LogP contribution >= 0.6 is 0 Å². The number of hydrogen-bond donors (Lipinski definition) is 2. The van der Waals surface area contributed by atoms with Crippen molar-refractivity contribution in [2.24, 2.45) is 0 Å². The van der Waals surface area contributed by atoms with Crippen molar-refractivity contribution in [1.29, 1.82) is 0 Å². The van der Waals surface area contributed by atoms with Crippen LogP contribution in [-0.4, -0.2) is 36.1 Å². The zero-order chi connectivity index (χ0) is 13.3. The second-order valence-electron chi connectivity index (χ2n) is 4.62. The van der Waals surface area contributed by atoms with E-state index >= 15 is 0 Å². The first-order chi connectivity index (χ1) is 8.47. The molecular weight excluding hydrogens is 232 g/mol. The highest BCUT2D eigenvalue weighted by molar-refractivity contribution is 5.97. The standard InChI is InChI=1S/C13H16N2O3/c1-8-3-9(2)5-10(4-8)15-7-11(13(17)18)14-6-12(15)16/h3-5,11,14H,6-7H2,1-2H3,(H,17,18). The first kappa shape index (κ1) is 12.6. The van der Waals surface area contributed by atoms with Gasteiger partial charge >= 0.3 is 5.97 Å². The molecule has 0 bridgehead atoms. The van der Waals surface area contributed by atoms with Crippen LogP contribution in [0.5, 0.6) is 0 Å². The van der Waals surface area contributed by atoms with Gasteiger partial charge in [-0.2, -0.15) is 0 Å². The maximum absolute atomic E-state index is 11.9. The predicted octanol–water partition coefficient (Wildman–Crippen LogP) is 0.693. The van der Waals surface area contributed by atoms with Gasteiger partial charge in [0, 0.05) is 5.69 Å². The number of rotatable bonds is 2. The molecule has 1 aromatic carbocycles. The zero-order valence-electron chi connectivity index (χ0n) is 10.4. The van der Waals surface area contributed by atoms with E-state index in [2.05, 4.69) is 5.32 Å². The Balaban J connectivity index is 2.29. The number of piperazine rings is 1. The Hall–Kier alpha value is -1.88. The highest BCUT2D eigenvalue weighted by atomic mass is 16.4. The number of carbonyl (C=O) groups is 2. The van der Waals surface area contributed by atoms with E-state index in [1.54, 1.807) is 0 Å². The number of aryl methyl sites for hydroxylation is 2. The average molecular weight is 248 g/mol. The van der Waals surface area contributed by atoms with E-state index < -0.39 is 12.0 Å². The molecular formula is C13H16N2O3. The first-order valence-electron chi connectivity index (χ1n) is 5.82. The highest BCUT2D eigenvalue weighted by Gasteiger charge is 2.30. The normalized spacial score (nSPS) is 20.0. The average Bonchev–Trinajstić information content (AvgIpc) is 2.27. The molecule has 1 saturated heterocycles. The number of amides is 1. The maximum Gasteiger partial charge on any atom is 0.322 e. The van der Waals surface area contributed by atoms with E-state index in [1.165, 1.54) is 4.90 Å². The van der Waals surface area contributed by atoms with Crippen molar-refractivity contribution in [2.45, 2.75) is 19.9 Å². The molecule has 96 valence electrons. The lowest BCUT2D eigenvalue weighted by Gasteiger charge is -2.31. The Morgan fingerprint density at radius 3 is 2.50 bits per heavy atom. The molecule has 1 aliphatic rings. The number of aliphatic carboxylic acids is 1. The molecule has 2 rings (SSSR count). The van der Waals surface area contributed by atoms with Crippen molar-refractivity contribution in [2.75, 3.05) is 18.0 Å². The van der Waals surface area contributed by atoms with Gasteiger partial charge in [0.2, 0.25) is 5.91 Å². The number of carboxylic acid groups (broad SMARTS) is 1. The number of anilines is 1.